The third kappa shape index (κ3) is 2.43. The van der Waals surface area contributed by atoms with Gasteiger partial charge in [0.25, 0.3) is 0 Å². The number of hydrogen-bond acceptors (Lipinski definition) is 6. The minimum Gasteiger partial charge on any atom is -0.294 e. The van der Waals surface area contributed by atoms with Crippen LogP contribution in [0.3, 0.4) is 0 Å². The summed E-state index contributed by atoms with van der Waals surface area (Å²) in [6, 6.07) is 7.46. The minimum atomic E-state index is -0.00853. The molecular weight excluding hydrogens is 286 g/mol. The van der Waals surface area contributed by atoms with E-state index in [9.17, 15) is 4.79 Å². The molecule has 0 saturated carbocycles. The highest BCUT2D eigenvalue weighted by atomic mass is 32.1. The van der Waals surface area contributed by atoms with Gasteiger partial charge in [0.05, 0.1) is 16.1 Å². The second kappa shape index (κ2) is 5.10. The Morgan fingerprint density at radius 3 is 2.86 bits per heavy atom. The lowest BCUT2D eigenvalue weighted by atomic mass is 10.2. The number of carbonyl (C=O) groups excluding carboxylic acids is 1. The summed E-state index contributed by atoms with van der Waals surface area (Å²) >= 11 is 1.27. The van der Waals surface area contributed by atoms with Crippen LogP contribution in [0, 0.1) is 12.3 Å². The number of hydrogen-bond donors (Lipinski definition) is 2. The first-order chi connectivity index (χ1) is 10.1. The predicted molar refractivity (Wildman–Crippen MR) is 81.5 cm³/mol. The Labute approximate surface area is 124 Å². The molecule has 0 fully saturated rings. The van der Waals surface area contributed by atoms with Crippen LogP contribution in [0.5, 0.6) is 0 Å². The van der Waals surface area contributed by atoms with E-state index in [2.05, 4.69) is 15.4 Å². The van der Waals surface area contributed by atoms with Crippen molar-refractivity contribution in [2.75, 3.05) is 5.43 Å². The molecule has 2 aromatic heterocycles. The number of nitrogens with zero attached hydrogens (tertiary/aromatic N) is 3. The molecule has 2 heterocycles. The molecule has 0 aliphatic heterocycles. The number of aryl methyl sites for hydroxylation is 1. The van der Waals surface area contributed by atoms with Crippen LogP contribution in [0.4, 0.5) is 5.13 Å². The zero-order valence-corrected chi connectivity index (χ0v) is 12.4. The second-order valence-electron chi connectivity index (χ2n) is 4.58. The maximum atomic E-state index is 11.5. The lowest BCUT2D eigenvalue weighted by Gasteiger charge is -2.08. The second-order valence-corrected chi connectivity index (χ2v) is 5.58. The normalized spacial score (nSPS) is 10.8. The Kier molecular flexibility index (Phi) is 3.26. The first-order valence-electron chi connectivity index (χ1n) is 6.32. The van der Waals surface area contributed by atoms with Crippen molar-refractivity contribution < 1.29 is 4.79 Å². The maximum absolute atomic E-state index is 11.5. The zero-order chi connectivity index (χ0) is 15.0. The van der Waals surface area contributed by atoms with Gasteiger partial charge in [0, 0.05) is 12.3 Å². The van der Waals surface area contributed by atoms with Crippen LogP contribution in [-0.2, 0) is 0 Å². The van der Waals surface area contributed by atoms with Gasteiger partial charge in [-0.15, -0.1) is 0 Å². The largest absolute Gasteiger partial charge is 0.294 e. The summed E-state index contributed by atoms with van der Waals surface area (Å²) in [5, 5.41) is 9.51. The van der Waals surface area contributed by atoms with Crippen molar-refractivity contribution in [3.63, 3.8) is 0 Å². The summed E-state index contributed by atoms with van der Waals surface area (Å²) in [6.07, 6.45) is 1.54. The molecule has 0 amide bonds. The molecule has 0 unspecified atom stereocenters. The van der Waals surface area contributed by atoms with Crippen molar-refractivity contribution in [1.82, 2.24) is 14.6 Å². The highest BCUT2D eigenvalue weighted by molar-refractivity contribution is 7.17. The van der Waals surface area contributed by atoms with Gasteiger partial charge in [-0.25, -0.2) is 14.6 Å². The van der Waals surface area contributed by atoms with Gasteiger partial charge in [0.15, 0.2) is 11.3 Å². The highest BCUT2D eigenvalue weighted by Crippen LogP contribution is 2.22. The van der Waals surface area contributed by atoms with Crippen LogP contribution in [0.1, 0.15) is 22.3 Å². The number of benzene rings is 1. The van der Waals surface area contributed by atoms with E-state index in [-0.39, 0.29) is 11.3 Å². The van der Waals surface area contributed by atoms with Gasteiger partial charge >= 0.3 is 0 Å². The van der Waals surface area contributed by atoms with E-state index in [1.807, 2.05) is 24.3 Å². The van der Waals surface area contributed by atoms with Crippen molar-refractivity contribution in [1.29, 1.82) is 5.41 Å². The minimum absolute atomic E-state index is 0.00853. The number of nitrogens with one attached hydrogen (secondary N) is 2. The van der Waals surface area contributed by atoms with Crippen LogP contribution in [0.15, 0.2) is 30.6 Å². The molecule has 6 nitrogen and oxygen atoms in total. The summed E-state index contributed by atoms with van der Waals surface area (Å²) in [4.78, 5) is 20.7. The molecule has 0 spiro atoms. The Hall–Kier alpha value is -2.54. The van der Waals surface area contributed by atoms with Crippen molar-refractivity contribution in [2.45, 2.75) is 13.8 Å². The number of anilines is 1. The van der Waals surface area contributed by atoms with Gasteiger partial charge < -0.3 is 0 Å². The van der Waals surface area contributed by atoms with E-state index in [0.29, 0.717) is 15.7 Å². The van der Waals surface area contributed by atoms with Gasteiger partial charge in [-0.1, -0.05) is 23.5 Å². The first-order valence-corrected chi connectivity index (χ1v) is 7.14. The number of thiazole rings is 1. The maximum Gasteiger partial charge on any atom is 0.203 e. The third-order valence-electron chi connectivity index (χ3n) is 3.04. The average Bonchev–Trinajstić information content (AvgIpc) is 2.83. The van der Waals surface area contributed by atoms with Crippen LogP contribution < -0.4 is 10.9 Å². The molecule has 7 heteroatoms. The van der Waals surface area contributed by atoms with E-state index < -0.39 is 0 Å². The standard InChI is InChI=1S/C14H13N5OS/c1-8-12(9(2)20)21-14(17-8)18-19-7-16-11-6-4-3-5-10(11)13(19)15/h3-7,15H,1-2H3,(H,17,18). The molecule has 0 saturated heterocycles. The fourth-order valence-electron chi connectivity index (χ4n) is 2.05. The van der Waals surface area contributed by atoms with Crippen molar-refractivity contribution in [3.05, 3.63) is 46.7 Å². The van der Waals surface area contributed by atoms with Crippen LogP contribution >= 0.6 is 11.3 Å². The summed E-state index contributed by atoms with van der Waals surface area (Å²) < 4.78 is 1.49. The van der Waals surface area contributed by atoms with E-state index in [0.717, 1.165) is 10.9 Å². The first kappa shape index (κ1) is 13.4. The number of Topliss-reactive ketones (excluding diaryl/α,β-unsaturated/α-hetero) is 1. The molecule has 0 radical (unpaired) electrons. The SMILES string of the molecule is CC(=O)c1sc(Nn2cnc3ccccc3c2=N)nc1C. The third-order valence-corrected chi connectivity index (χ3v) is 4.21. The van der Waals surface area contributed by atoms with Crippen LogP contribution in [-0.4, -0.2) is 20.4 Å². The molecule has 106 valence electrons. The van der Waals surface area contributed by atoms with E-state index >= 15 is 0 Å². The van der Waals surface area contributed by atoms with Gasteiger partial charge in [-0.3, -0.25) is 15.6 Å². The van der Waals surface area contributed by atoms with E-state index in [1.165, 1.54) is 29.3 Å². The molecule has 0 bridgehead atoms. The average molecular weight is 299 g/mol. The molecule has 3 rings (SSSR count). The zero-order valence-electron chi connectivity index (χ0n) is 11.5. The summed E-state index contributed by atoms with van der Waals surface area (Å²) in [5.41, 5.74) is 4.75. The topological polar surface area (TPSA) is 83.7 Å². The van der Waals surface area contributed by atoms with Crippen molar-refractivity contribution >= 4 is 33.2 Å². The molecule has 0 aliphatic rings. The molecule has 3 aromatic rings. The van der Waals surface area contributed by atoms with Gasteiger partial charge in [-0.2, -0.15) is 0 Å². The Balaban J connectivity index is 2.02. The van der Waals surface area contributed by atoms with Gasteiger partial charge in [0.2, 0.25) is 5.13 Å². The Morgan fingerprint density at radius 2 is 2.14 bits per heavy atom. The summed E-state index contributed by atoms with van der Waals surface area (Å²) in [7, 11) is 0. The van der Waals surface area contributed by atoms with E-state index in [1.54, 1.807) is 6.92 Å². The number of carbonyl (C=O) groups is 1. The quantitative estimate of drug-likeness (QED) is 0.727. The van der Waals surface area contributed by atoms with Crippen molar-refractivity contribution in [2.24, 2.45) is 0 Å². The monoisotopic (exact) mass is 299 g/mol. The lowest BCUT2D eigenvalue weighted by molar-refractivity contribution is 0.102. The number of aromatic nitrogens is 3. The van der Waals surface area contributed by atoms with Crippen LogP contribution in [0.25, 0.3) is 10.9 Å². The molecule has 0 aliphatic carbocycles. The molecule has 0 atom stereocenters. The number of ketones is 1. The number of fused-ring (bicyclic) bond motifs is 1. The molecule has 1 aromatic carbocycles. The van der Waals surface area contributed by atoms with Gasteiger partial charge in [0.1, 0.15) is 6.33 Å². The lowest BCUT2D eigenvalue weighted by Crippen LogP contribution is -2.26. The van der Waals surface area contributed by atoms with Crippen molar-refractivity contribution in [3.8, 4) is 0 Å². The highest BCUT2D eigenvalue weighted by Gasteiger charge is 2.11. The smallest absolute Gasteiger partial charge is 0.203 e. The van der Waals surface area contributed by atoms with E-state index in [4.69, 9.17) is 5.41 Å². The fourth-order valence-corrected chi connectivity index (χ4v) is 2.91. The fraction of sp³-hybridized carbons (Fsp3) is 0.143. The molecule has 2 N–H and O–H groups in total. The molecular formula is C14H13N5OS. The van der Waals surface area contributed by atoms with Gasteiger partial charge in [-0.05, 0) is 19.1 Å². The number of rotatable bonds is 3. The summed E-state index contributed by atoms with van der Waals surface area (Å²) in [6.45, 7) is 3.31. The number of para-hydroxylation sites is 1. The summed E-state index contributed by atoms with van der Waals surface area (Å²) in [5.74, 6) is -0.00853. The Morgan fingerprint density at radius 1 is 1.38 bits per heavy atom. The molecule has 21 heavy (non-hydrogen) atoms. The Bertz CT molecular complexity index is 896. The predicted octanol–water partition coefficient (Wildman–Crippen LogP) is 2.36. The van der Waals surface area contributed by atoms with Crippen LogP contribution in [0.2, 0.25) is 0 Å².